The van der Waals surface area contributed by atoms with Gasteiger partial charge in [-0.15, -0.1) is 0 Å². The second kappa shape index (κ2) is 4.44. The van der Waals surface area contributed by atoms with Crippen molar-refractivity contribution in [1.82, 2.24) is 5.32 Å². The van der Waals surface area contributed by atoms with Crippen molar-refractivity contribution in [2.24, 2.45) is 0 Å². The second-order valence-corrected chi connectivity index (χ2v) is 4.53. The van der Waals surface area contributed by atoms with Crippen molar-refractivity contribution in [3.63, 3.8) is 0 Å². The quantitative estimate of drug-likeness (QED) is 0.833. The normalized spacial score (nSPS) is 23.9. The largest absolute Gasteiger partial charge is 0.480 e. The first-order valence-electron chi connectivity index (χ1n) is 5.39. The van der Waals surface area contributed by atoms with E-state index in [-0.39, 0.29) is 6.04 Å². The van der Waals surface area contributed by atoms with E-state index < -0.39 is 12.0 Å². The molecule has 0 amide bonds. The van der Waals surface area contributed by atoms with Crippen molar-refractivity contribution in [1.29, 1.82) is 0 Å². The molecular weight excluding hydrogens is 226 g/mol. The van der Waals surface area contributed by atoms with E-state index in [1.54, 1.807) is 6.07 Å². The molecule has 0 saturated heterocycles. The van der Waals surface area contributed by atoms with E-state index in [0.29, 0.717) is 5.02 Å². The van der Waals surface area contributed by atoms with Crippen LogP contribution in [-0.4, -0.2) is 17.1 Å². The molecule has 3 nitrogen and oxygen atoms in total. The molecule has 0 radical (unpaired) electrons. The van der Waals surface area contributed by atoms with Crippen molar-refractivity contribution in [2.75, 3.05) is 0 Å². The average molecular weight is 240 g/mol. The molecule has 1 aromatic carbocycles. The van der Waals surface area contributed by atoms with Gasteiger partial charge in [-0.2, -0.15) is 0 Å². The minimum Gasteiger partial charge on any atom is -0.480 e. The molecule has 86 valence electrons. The van der Waals surface area contributed by atoms with E-state index in [9.17, 15) is 9.90 Å². The first-order valence-corrected chi connectivity index (χ1v) is 5.76. The van der Waals surface area contributed by atoms with Crippen LogP contribution in [0.5, 0.6) is 0 Å². The number of carboxylic acid groups (broad SMARTS) is 1. The van der Waals surface area contributed by atoms with Gasteiger partial charge in [-0.1, -0.05) is 24.6 Å². The van der Waals surface area contributed by atoms with Crippen LogP contribution in [-0.2, 0) is 11.2 Å². The van der Waals surface area contributed by atoms with Crippen LogP contribution in [0.1, 0.15) is 30.5 Å². The lowest BCUT2D eigenvalue weighted by Gasteiger charge is -2.30. The van der Waals surface area contributed by atoms with Crippen LogP contribution in [0, 0.1) is 0 Å². The fraction of sp³-hybridized carbons (Fsp3) is 0.417. The third kappa shape index (κ3) is 2.06. The number of hydrogen-bond donors (Lipinski definition) is 2. The molecule has 1 heterocycles. The summed E-state index contributed by atoms with van der Waals surface area (Å²) in [7, 11) is 0. The molecular formula is C12H14ClNO2. The Bertz CT molecular complexity index is 419. The van der Waals surface area contributed by atoms with Gasteiger partial charge >= 0.3 is 5.97 Å². The summed E-state index contributed by atoms with van der Waals surface area (Å²) in [6.45, 7) is 2.05. The average Bonchev–Trinajstić information content (AvgIpc) is 2.27. The molecule has 2 unspecified atom stereocenters. The van der Waals surface area contributed by atoms with Gasteiger partial charge in [0, 0.05) is 11.1 Å². The van der Waals surface area contributed by atoms with Crippen LogP contribution in [0.4, 0.5) is 0 Å². The highest BCUT2D eigenvalue weighted by atomic mass is 35.5. The van der Waals surface area contributed by atoms with E-state index >= 15 is 0 Å². The van der Waals surface area contributed by atoms with Crippen LogP contribution < -0.4 is 5.32 Å². The summed E-state index contributed by atoms with van der Waals surface area (Å²) in [5, 5.41) is 12.9. The number of aliphatic carboxylic acids is 1. The van der Waals surface area contributed by atoms with Crippen LogP contribution >= 0.6 is 11.6 Å². The first kappa shape index (κ1) is 11.4. The van der Waals surface area contributed by atoms with Crippen molar-refractivity contribution in [2.45, 2.75) is 31.8 Å². The Morgan fingerprint density at radius 3 is 3.00 bits per heavy atom. The molecule has 0 fully saturated rings. The summed E-state index contributed by atoms with van der Waals surface area (Å²) in [5.41, 5.74) is 1.88. The van der Waals surface area contributed by atoms with Crippen molar-refractivity contribution < 1.29 is 9.90 Å². The summed E-state index contributed by atoms with van der Waals surface area (Å²) in [5.74, 6) is -0.846. The van der Waals surface area contributed by atoms with E-state index in [4.69, 9.17) is 11.6 Å². The number of fused-ring (bicyclic) bond motifs is 1. The zero-order valence-corrected chi connectivity index (χ0v) is 9.79. The summed E-state index contributed by atoms with van der Waals surface area (Å²) < 4.78 is 0. The van der Waals surface area contributed by atoms with E-state index in [1.807, 2.05) is 12.1 Å². The predicted octanol–water partition coefficient (Wildman–Crippen LogP) is 2.39. The molecule has 1 aromatic rings. The molecule has 0 aliphatic carbocycles. The number of carbonyl (C=O) groups is 1. The standard InChI is InChI=1S/C12H14ClNO2/c1-2-9-5-7-3-4-8(13)6-10(7)11(14-9)12(15)16/h3-4,6,9,11,14H,2,5H2,1H3,(H,15,16). The molecule has 0 aromatic heterocycles. The van der Waals surface area contributed by atoms with Crippen molar-refractivity contribution in [3.8, 4) is 0 Å². The van der Waals surface area contributed by atoms with Crippen molar-refractivity contribution >= 4 is 17.6 Å². The molecule has 0 spiro atoms. The summed E-state index contributed by atoms with van der Waals surface area (Å²) >= 11 is 5.90. The monoisotopic (exact) mass is 239 g/mol. The molecule has 1 aliphatic heterocycles. The Hall–Kier alpha value is -1.06. The highest BCUT2D eigenvalue weighted by Gasteiger charge is 2.30. The first-order chi connectivity index (χ1) is 7.61. The minimum atomic E-state index is -0.846. The fourth-order valence-electron chi connectivity index (χ4n) is 2.14. The summed E-state index contributed by atoms with van der Waals surface area (Å²) in [4.78, 5) is 11.2. The third-order valence-electron chi connectivity index (χ3n) is 3.03. The van der Waals surface area contributed by atoms with Gasteiger partial charge in [0.05, 0.1) is 0 Å². The maximum atomic E-state index is 11.2. The van der Waals surface area contributed by atoms with Crippen LogP contribution in [0.2, 0.25) is 5.02 Å². The molecule has 1 aliphatic rings. The zero-order valence-electron chi connectivity index (χ0n) is 9.03. The minimum absolute atomic E-state index is 0.231. The molecule has 2 atom stereocenters. The van der Waals surface area contributed by atoms with Gasteiger partial charge in [0.15, 0.2) is 0 Å². The number of rotatable bonds is 2. The fourth-order valence-corrected chi connectivity index (χ4v) is 2.32. The SMILES string of the molecule is CCC1Cc2ccc(Cl)cc2C(C(=O)O)N1. The Morgan fingerprint density at radius 1 is 1.62 bits per heavy atom. The lowest BCUT2D eigenvalue weighted by molar-refractivity contribution is -0.140. The summed E-state index contributed by atoms with van der Waals surface area (Å²) in [6, 6.07) is 5.09. The Kier molecular flexibility index (Phi) is 3.17. The van der Waals surface area contributed by atoms with E-state index in [1.165, 1.54) is 0 Å². The molecule has 0 saturated carbocycles. The highest BCUT2D eigenvalue weighted by molar-refractivity contribution is 6.30. The van der Waals surface area contributed by atoms with Crippen LogP contribution in [0.3, 0.4) is 0 Å². The maximum Gasteiger partial charge on any atom is 0.325 e. The van der Waals surface area contributed by atoms with Gasteiger partial charge in [0.2, 0.25) is 0 Å². The van der Waals surface area contributed by atoms with Crippen LogP contribution in [0.25, 0.3) is 0 Å². The third-order valence-corrected chi connectivity index (χ3v) is 3.26. The van der Waals surface area contributed by atoms with Crippen LogP contribution in [0.15, 0.2) is 18.2 Å². The van der Waals surface area contributed by atoms with E-state index in [0.717, 1.165) is 24.0 Å². The number of hydrogen-bond acceptors (Lipinski definition) is 2. The lowest BCUT2D eigenvalue weighted by Crippen LogP contribution is -2.42. The molecule has 4 heteroatoms. The zero-order chi connectivity index (χ0) is 11.7. The number of halogens is 1. The van der Waals surface area contributed by atoms with Gasteiger partial charge in [-0.3, -0.25) is 10.1 Å². The number of nitrogens with one attached hydrogen (secondary N) is 1. The highest BCUT2D eigenvalue weighted by Crippen LogP contribution is 2.29. The van der Waals surface area contributed by atoms with E-state index in [2.05, 4.69) is 12.2 Å². The topological polar surface area (TPSA) is 49.3 Å². The van der Waals surface area contributed by atoms with Crippen molar-refractivity contribution in [3.05, 3.63) is 34.3 Å². The predicted molar refractivity (Wildman–Crippen MR) is 62.7 cm³/mol. The Balaban J connectivity index is 2.42. The summed E-state index contributed by atoms with van der Waals surface area (Å²) in [6.07, 6.45) is 1.79. The molecule has 2 N–H and O–H groups in total. The van der Waals surface area contributed by atoms with Gasteiger partial charge < -0.3 is 5.11 Å². The molecule has 2 rings (SSSR count). The molecule has 16 heavy (non-hydrogen) atoms. The molecule has 0 bridgehead atoms. The Morgan fingerprint density at radius 2 is 2.38 bits per heavy atom. The van der Waals surface area contributed by atoms with Gasteiger partial charge in [0.1, 0.15) is 6.04 Å². The van der Waals surface area contributed by atoms with Gasteiger partial charge in [-0.05, 0) is 36.1 Å². The van der Waals surface area contributed by atoms with Gasteiger partial charge in [-0.25, -0.2) is 0 Å². The lowest BCUT2D eigenvalue weighted by atomic mass is 9.89. The smallest absolute Gasteiger partial charge is 0.325 e. The number of carboxylic acids is 1. The maximum absolute atomic E-state index is 11.2. The number of benzene rings is 1. The van der Waals surface area contributed by atoms with Gasteiger partial charge in [0.25, 0.3) is 0 Å². The second-order valence-electron chi connectivity index (χ2n) is 4.09. The Labute approximate surface area is 99.4 Å².